The maximum absolute atomic E-state index is 13.4. The topological polar surface area (TPSA) is 52.7 Å². The van der Waals surface area contributed by atoms with Gasteiger partial charge in [0.05, 0.1) is 6.67 Å². The SMILES string of the molecule is O=C1N[C@@]2(CCCc3ccccc32)C(=O)N1CN1CCc2ccccc2C1. The minimum atomic E-state index is -0.875. The molecule has 1 spiro atoms. The molecule has 1 fully saturated rings. The van der Waals surface area contributed by atoms with Gasteiger partial charge in [0.1, 0.15) is 5.54 Å². The fourth-order valence-corrected chi connectivity index (χ4v) is 4.81. The summed E-state index contributed by atoms with van der Waals surface area (Å²) in [7, 11) is 0. The van der Waals surface area contributed by atoms with Crippen LogP contribution in [-0.2, 0) is 29.7 Å². The molecule has 2 aromatic rings. The van der Waals surface area contributed by atoms with Gasteiger partial charge in [-0.3, -0.25) is 9.69 Å². The highest BCUT2D eigenvalue weighted by atomic mass is 16.2. The molecular weight excluding hydrogens is 338 g/mol. The van der Waals surface area contributed by atoms with Crippen LogP contribution in [0.3, 0.4) is 0 Å². The zero-order valence-corrected chi connectivity index (χ0v) is 15.3. The van der Waals surface area contributed by atoms with Gasteiger partial charge in [-0.2, -0.15) is 0 Å². The molecule has 1 aliphatic carbocycles. The van der Waals surface area contributed by atoms with Crippen molar-refractivity contribution in [3.05, 3.63) is 70.8 Å². The Labute approximate surface area is 159 Å². The second kappa shape index (κ2) is 6.20. The van der Waals surface area contributed by atoms with Gasteiger partial charge in [0.15, 0.2) is 0 Å². The molecule has 0 bridgehead atoms. The average Bonchev–Trinajstić information content (AvgIpc) is 2.93. The first-order valence-corrected chi connectivity index (χ1v) is 9.69. The van der Waals surface area contributed by atoms with E-state index in [1.165, 1.54) is 21.6 Å². The molecule has 5 rings (SSSR count). The fourth-order valence-electron chi connectivity index (χ4n) is 4.81. The molecule has 1 atom stereocenters. The van der Waals surface area contributed by atoms with Crippen LogP contribution in [0.1, 0.15) is 35.1 Å². The van der Waals surface area contributed by atoms with E-state index in [0.717, 1.165) is 37.9 Å². The lowest BCUT2D eigenvalue weighted by Gasteiger charge is -2.34. The van der Waals surface area contributed by atoms with Crippen molar-refractivity contribution in [3.8, 4) is 0 Å². The van der Waals surface area contributed by atoms with E-state index in [4.69, 9.17) is 0 Å². The number of urea groups is 1. The molecule has 5 nitrogen and oxygen atoms in total. The van der Waals surface area contributed by atoms with E-state index in [2.05, 4.69) is 34.5 Å². The summed E-state index contributed by atoms with van der Waals surface area (Å²) in [6.07, 6.45) is 3.50. The highest BCUT2D eigenvalue weighted by Gasteiger charge is 2.54. The number of benzene rings is 2. The van der Waals surface area contributed by atoms with Crippen LogP contribution in [0, 0.1) is 0 Å². The van der Waals surface area contributed by atoms with Crippen LogP contribution in [0.5, 0.6) is 0 Å². The van der Waals surface area contributed by atoms with Crippen LogP contribution in [0.25, 0.3) is 0 Å². The third-order valence-electron chi connectivity index (χ3n) is 6.20. The summed E-state index contributed by atoms with van der Waals surface area (Å²) in [6, 6.07) is 16.2. The van der Waals surface area contributed by atoms with Crippen LogP contribution >= 0.6 is 0 Å². The smallest absolute Gasteiger partial charge is 0.319 e. The average molecular weight is 361 g/mol. The third-order valence-corrected chi connectivity index (χ3v) is 6.20. The maximum atomic E-state index is 13.4. The van der Waals surface area contributed by atoms with E-state index in [0.29, 0.717) is 13.1 Å². The van der Waals surface area contributed by atoms with Gasteiger partial charge >= 0.3 is 6.03 Å². The Morgan fingerprint density at radius 2 is 1.67 bits per heavy atom. The second-order valence-electron chi connectivity index (χ2n) is 7.79. The first-order valence-electron chi connectivity index (χ1n) is 9.69. The van der Waals surface area contributed by atoms with Crippen molar-refractivity contribution >= 4 is 11.9 Å². The monoisotopic (exact) mass is 361 g/mol. The van der Waals surface area contributed by atoms with Crippen molar-refractivity contribution in [1.29, 1.82) is 0 Å². The molecular formula is C22H23N3O2. The standard InChI is InChI=1S/C22H23N3O2/c26-20-22(12-5-9-17-7-3-4-10-19(17)22)23-21(27)25(20)15-24-13-11-16-6-1-2-8-18(16)14-24/h1-4,6-8,10H,5,9,11-15H2,(H,23,27)/t22-/m1/s1. The lowest BCUT2D eigenvalue weighted by molar-refractivity contribution is -0.133. The van der Waals surface area contributed by atoms with Gasteiger partial charge in [0, 0.05) is 13.1 Å². The van der Waals surface area contributed by atoms with Crippen molar-refractivity contribution in [3.63, 3.8) is 0 Å². The fraction of sp³-hybridized carbons (Fsp3) is 0.364. The van der Waals surface area contributed by atoms with Crippen LogP contribution in [0.15, 0.2) is 48.5 Å². The Bertz CT molecular complexity index is 925. The van der Waals surface area contributed by atoms with E-state index in [1.807, 2.05) is 24.3 Å². The first-order chi connectivity index (χ1) is 13.2. The van der Waals surface area contributed by atoms with Gasteiger partial charge in [0.25, 0.3) is 5.91 Å². The summed E-state index contributed by atoms with van der Waals surface area (Å²) in [5.41, 5.74) is 3.92. The number of hydrogen-bond acceptors (Lipinski definition) is 3. The van der Waals surface area contributed by atoms with E-state index < -0.39 is 5.54 Å². The molecule has 0 radical (unpaired) electrons. The minimum Gasteiger partial charge on any atom is -0.319 e. The Morgan fingerprint density at radius 1 is 0.926 bits per heavy atom. The van der Waals surface area contributed by atoms with Crippen molar-refractivity contribution < 1.29 is 9.59 Å². The van der Waals surface area contributed by atoms with Crippen molar-refractivity contribution in [1.82, 2.24) is 15.1 Å². The van der Waals surface area contributed by atoms with E-state index in [9.17, 15) is 9.59 Å². The number of fused-ring (bicyclic) bond motifs is 3. The molecule has 0 aromatic heterocycles. The van der Waals surface area contributed by atoms with Gasteiger partial charge < -0.3 is 5.32 Å². The summed E-state index contributed by atoms with van der Waals surface area (Å²) in [5.74, 6) is -0.0986. The number of amides is 3. The lowest BCUT2D eigenvalue weighted by atomic mass is 9.76. The van der Waals surface area contributed by atoms with Crippen molar-refractivity contribution in [2.45, 2.75) is 37.8 Å². The molecule has 1 N–H and O–H groups in total. The number of nitrogens with one attached hydrogen (secondary N) is 1. The van der Waals surface area contributed by atoms with Crippen molar-refractivity contribution in [2.24, 2.45) is 0 Å². The summed E-state index contributed by atoms with van der Waals surface area (Å²) < 4.78 is 0. The Balaban J connectivity index is 1.40. The predicted octanol–water partition coefficient (Wildman–Crippen LogP) is 2.79. The van der Waals surface area contributed by atoms with Gasteiger partial charge in [0.2, 0.25) is 0 Å². The Hall–Kier alpha value is -2.66. The molecule has 138 valence electrons. The number of hydrogen-bond donors (Lipinski definition) is 1. The highest BCUT2D eigenvalue weighted by Crippen LogP contribution is 2.40. The summed E-state index contributed by atoms with van der Waals surface area (Å²) in [5, 5.41) is 3.04. The minimum absolute atomic E-state index is 0.0986. The van der Waals surface area contributed by atoms with Crippen LogP contribution < -0.4 is 5.32 Å². The normalized spacial score (nSPS) is 24.7. The van der Waals surface area contributed by atoms with Gasteiger partial charge in [-0.25, -0.2) is 9.69 Å². The molecule has 0 saturated carbocycles. The van der Waals surface area contributed by atoms with Crippen molar-refractivity contribution in [2.75, 3.05) is 13.2 Å². The number of rotatable bonds is 2. The molecule has 3 amide bonds. The number of carbonyl (C=O) groups is 2. The summed E-state index contributed by atoms with van der Waals surface area (Å²) >= 11 is 0. The lowest BCUT2D eigenvalue weighted by Crippen LogP contribution is -2.47. The van der Waals surface area contributed by atoms with E-state index in [-0.39, 0.29) is 11.9 Å². The first kappa shape index (κ1) is 16.5. The molecule has 1 saturated heterocycles. The summed E-state index contributed by atoms with van der Waals surface area (Å²) in [6.45, 7) is 1.98. The second-order valence-corrected chi connectivity index (χ2v) is 7.79. The number of aryl methyl sites for hydroxylation is 1. The quantitative estimate of drug-likeness (QED) is 0.837. The molecule has 2 aliphatic heterocycles. The van der Waals surface area contributed by atoms with Crippen LogP contribution in [0.4, 0.5) is 4.79 Å². The van der Waals surface area contributed by atoms with E-state index in [1.54, 1.807) is 0 Å². The number of imide groups is 1. The zero-order valence-electron chi connectivity index (χ0n) is 15.3. The molecule has 0 unspecified atom stereocenters. The third kappa shape index (κ3) is 2.57. The zero-order chi connectivity index (χ0) is 18.4. The Kier molecular flexibility index (Phi) is 3.79. The van der Waals surface area contributed by atoms with Gasteiger partial charge in [-0.1, -0.05) is 48.5 Å². The van der Waals surface area contributed by atoms with Gasteiger partial charge in [-0.05, 0) is 47.9 Å². The van der Waals surface area contributed by atoms with Gasteiger partial charge in [-0.15, -0.1) is 0 Å². The molecule has 5 heteroatoms. The molecule has 2 aromatic carbocycles. The largest absolute Gasteiger partial charge is 0.326 e. The molecule has 3 aliphatic rings. The number of carbonyl (C=O) groups excluding carboxylic acids is 2. The molecule has 27 heavy (non-hydrogen) atoms. The Morgan fingerprint density at radius 3 is 2.52 bits per heavy atom. The summed E-state index contributed by atoms with van der Waals surface area (Å²) in [4.78, 5) is 29.7. The molecule has 2 heterocycles. The van der Waals surface area contributed by atoms with Crippen LogP contribution in [0.2, 0.25) is 0 Å². The van der Waals surface area contributed by atoms with E-state index >= 15 is 0 Å². The highest BCUT2D eigenvalue weighted by molar-refractivity contribution is 6.07. The predicted molar refractivity (Wildman–Crippen MR) is 102 cm³/mol. The number of nitrogens with zero attached hydrogens (tertiary/aromatic N) is 2. The van der Waals surface area contributed by atoms with Crippen LogP contribution in [-0.4, -0.2) is 35.0 Å². The maximum Gasteiger partial charge on any atom is 0.326 e.